The number of alkyl halides is 1. The maximum absolute atomic E-state index is 14.9. The molecule has 0 radical (unpaired) electrons. The lowest BCUT2D eigenvalue weighted by molar-refractivity contribution is 0.313. The van der Waals surface area contributed by atoms with Crippen molar-refractivity contribution in [2.75, 3.05) is 17.7 Å². The molecular weight excluding hydrogens is 476 g/mol. The van der Waals surface area contributed by atoms with Crippen molar-refractivity contribution in [3.05, 3.63) is 54.1 Å². The van der Waals surface area contributed by atoms with E-state index < -0.39 is 38.5 Å². The van der Waals surface area contributed by atoms with E-state index in [9.17, 15) is 17.9 Å². The number of rotatable bonds is 5. The highest BCUT2D eigenvalue weighted by molar-refractivity contribution is 8.26. The van der Waals surface area contributed by atoms with Crippen LogP contribution >= 0.6 is 10.6 Å². The lowest BCUT2D eigenvalue weighted by Gasteiger charge is -2.50. The first-order valence-corrected chi connectivity index (χ1v) is 12.3. The Morgan fingerprint density at radius 3 is 2.71 bits per heavy atom. The van der Waals surface area contributed by atoms with E-state index in [1.807, 2.05) is 6.07 Å². The fourth-order valence-corrected chi connectivity index (χ4v) is 5.44. The molecule has 35 heavy (non-hydrogen) atoms. The second kappa shape index (κ2) is 8.96. The van der Waals surface area contributed by atoms with Gasteiger partial charge in [0, 0.05) is 22.8 Å². The molecule has 3 heterocycles. The maximum atomic E-state index is 14.9. The fraction of sp³-hybridized carbons (Fsp3) is 0.292. The second-order valence-corrected chi connectivity index (χ2v) is 10.8. The Kier molecular flexibility index (Phi) is 6.31. The van der Waals surface area contributed by atoms with E-state index in [4.69, 9.17) is 10.5 Å². The Bertz CT molecular complexity index is 1390. The molecule has 184 valence electrons. The maximum Gasteiger partial charge on any atom is 0.250 e. The molecular formula is C24H25F2N5O3S. The molecule has 8 nitrogen and oxygen atoms in total. The molecule has 3 aromatic rings. The average molecular weight is 502 g/mol. The van der Waals surface area contributed by atoms with E-state index in [-0.39, 0.29) is 12.2 Å². The zero-order valence-corrected chi connectivity index (χ0v) is 20.2. The van der Waals surface area contributed by atoms with Crippen molar-refractivity contribution in [2.45, 2.75) is 31.3 Å². The summed E-state index contributed by atoms with van der Waals surface area (Å²) in [6.45, 7) is 4.41. The van der Waals surface area contributed by atoms with E-state index in [1.165, 1.54) is 25.1 Å². The number of anilines is 2. The van der Waals surface area contributed by atoms with Gasteiger partial charge in [0.1, 0.15) is 29.2 Å². The summed E-state index contributed by atoms with van der Waals surface area (Å²) in [4.78, 5) is 12.9. The number of aliphatic imine (C=N–C) groups is 1. The van der Waals surface area contributed by atoms with Gasteiger partial charge in [-0.25, -0.2) is 18.7 Å². The van der Waals surface area contributed by atoms with Gasteiger partial charge in [0.2, 0.25) is 0 Å². The quantitative estimate of drug-likeness (QED) is 0.365. The van der Waals surface area contributed by atoms with Gasteiger partial charge in [-0.3, -0.25) is 14.1 Å². The molecule has 2 atom stereocenters. The molecule has 2 aromatic heterocycles. The van der Waals surface area contributed by atoms with Crippen LogP contribution in [0.5, 0.6) is 5.75 Å². The molecule has 0 fully saturated rings. The number of ether oxygens (including phenoxy) is 1. The van der Waals surface area contributed by atoms with Gasteiger partial charge in [0.15, 0.2) is 11.7 Å². The van der Waals surface area contributed by atoms with Gasteiger partial charge in [-0.05, 0) is 51.1 Å². The Morgan fingerprint density at radius 2 is 2.00 bits per heavy atom. The molecule has 0 amide bonds. The molecule has 5 N–H and O–H groups in total. The molecule has 0 saturated carbocycles. The van der Waals surface area contributed by atoms with Crippen LogP contribution in [0.2, 0.25) is 0 Å². The predicted octanol–water partition coefficient (Wildman–Crippen LogP) is 4.94. The number of pyridine rings is 2. The van der Waals surface area contributed by atoms with Crippen LogP contribution in [-0.2, 0) is 5.54 Å². The van der Waals surface area contributed by atoms with Gasteiger partial charge in [-0.15, -0.1) is 5.92 Å². The van der Waals surface area contributed by atoms with Gasteiger partial charge < -0.3 is 15.8 Å². The first kappa shape index (κ1) is 24.7. The summed E-state index contributed by atoms with van der Waals surface area (Å²) in [5, 5.41) is 1.28. The van der Waals surface area contributed by atoms with Crippen molar-refractivity contribution < 1.29 is 22.6 Å². The standard InChI is InChI=1S/C24H25F2N5O3S/c1-4-5-10-34-17-11-15-8-9-28-21(20(15)29-13-17)30-16-6-7-19(25)18(12-16)23(2)14-35(32,33)24(3,26)22(27)31-23/h6-9,11-13,32-33H,10,14H2,1-3H3,(H2,27,31)(H,28,30)/t23-,24+/m0/s1. The van der Waals surface area contributed by atoms with Crippen molar-refractivity contribution in [1.29, 1.82) is 0 Å². The van der Waals surface area contributed by atoms with E-state index in [0.29, 0.717) is 22.8 Å². The van der Waals surface area contributed by atoms with Gasteiger partial charge in [0.25, 0.3) is 5.00 Å². The first-order valence-electron chi connectivity index (χ1n) is 10.6. The molecule has 1 aliphatic rings. The molecule has 0 saturated heterocycles. The molecule has 0 bridgehead atoms. The number of aromatic nitrogens is 2. The van der Waals surface area contributed by atoms with Crippen molar-refractivity contribution in [3.8, 4) is 17.6 Å². The van der Waals surface area contributed by atoms with Gasteiger partial charge in [-0.1, -0.05) is 5.92 Å². The van der Waals surface area contributed by atoms with Crippen LogP contribution < -0.4 is 15.8 Å². The normalized spacial score (nSPS) is 24.1. The highest BCUT2D eigenvalue weighted by Gasteiger charge is 2.52. The number of nitrogens with one attached hydrogen (secondary N) is 1. The summed E-state index contributed by atoms with van der Waals surface area (Å²) >= 11 is 0. The number of hydrogen-bond donors (Lipinski definition) is 4. The minimum absolute atomic E-state index is 0.0295. The summed E-state index contributed by atoms with van der Waals surface area (Å²) in [7, 11) is -3.85. The van der Waals surface area contributed by atoms with Crippen molar-refractivity contribution in [1.82, 2.24) is 9.97 Å². The third-order valence-corrected chi connectivity index (χ3v) is 8.19. The number of amidine groups is 1. The highest BCUT2D eigenvalue weighted by Crippen LogP contribution is 2.60. The molecule has 4 rings (SSSR count). The van der Waals surface area contributed by atoms with Crippen molar-refractivity contribution in [2.24, 2.45) is 10.7 Å². The summed E-state index contributed by atoms with van der Waals surface area (Å²) in [5.74, 6) is 4.79. The van der Waals surface area contributed by atoms with E-state index in [1.54, 1.807) is 25.4 Å². The van der Waals surface area contributed by atoms with Crippen LogP contribution in [0.4, 0.5) is 20.3 Å². The summed E-state index contributed by atoms with van der Waals surface area (Å²) in [6.07, 6.45) is 3.15. The minimum Gasteiger partial charge on any atom is -0.479 e. The summed E-state index contributed by atoms with van der Waals surface area (Å²) in [6, 6.07) is 7.76. The molecule has 11 heteroatoms. The number of benzene rings is 1. The van der Waals surface area contributed by atoms with Gasteiger partial charge in [-0.2, -0.15) is 10.6 Å². The zero-order valence-electron chi connectivity index (χ0n) is 19.3. The number of halogens is 2. The van der Waals surface area contributed by atoms with E-state index in [2.05, 4.69) is 32.1 Å². The minimum atomic E-state index is -3.85. The van der Waals surface area contributed by atoms with Gasteiger partial charge in [0.05, 0.1) is 11.9 Å². The van der Waals surface area contributed by atoms with Crippen molar-refractivity contribution in [3.63, 3.8) is 0 Å². The number of fused-ring (bicyclic) bond motifs is 1. The average Bonchev–Trinajstić information content (AvgIpc) is 2.79. The number of nitrogens with two attached hydrogens (primary N) is 1. The largest absolute Gasteiger partial charge is 0.479 e. The summed E-state index contributed by atoms with van der Waals surface area (Å²) in [5.41, 5.74) is 5.27. The molecule has 1 aliphatic heterocycles. The zero-order chi connectivity index (χ0) is 25.4. The van der Waals surface area contributed by atoms with Crippen molar-refractivity contribution >= 4 is 38.8 Å². The lowest BCUT2D eigenvalue weighted by atomic mass is 9.93. The third kappa shape index (κ3) is 4.60. The van der Waals surface area contributed by atoms with Crippen LogP contribution in [0.25, 0.3) is 10.9 Å². The van der Waals surface area contributed by atoms with Crippen LogP contribution in [-0.4, -0.2) is 42.3 Å². The molecule has 0 unspecified atom stereocenters. The first-order chi connectivity index (χ1) is 16.5. The highest BCUT2D eigenvalue weighted by atomic mass is 32.3. The van der Waals surface area contributed by atoms with Crippen LogP contribution in [0.1, 0.15) is 26.3 Å². The third-order valence-electron chi connectivity index (χ3n) is 5.79. The van der Waals surface area contributed by atoms with Crippen LogP contribution in [0.3, 0.4) is 0 Å². The Balaban J connectivity index is 1.68. The molecule has 0 aliphatic carbocycles. The topological polar surface area (TPSA) is 126 Å². The Morgan fingerprint density at radius 1 is 1.23 bits per heavy atom. The number of nitrogens with zero attached hydrogens (tertiary/aromatic N) is 3. The van der Waals surface area contributed by atoms with Gasteiger partial charge >= 0.3 is 0 Å². The Labute approximate surface area is 203 Å². The van der Waals surface area contributed by atoms with E-state index in [0.717, 1.165) is 12.3 Å². The van der Waals surface area contributed by atoms with Crippen LogP contribution in [0.15, 0.2) is 47.7 Å². The van der Waals surface area contributed by atoms with Crippen LogP contribution in [0, 0.1) is 17.7 Å². The predicted molar refractivity (Wildman–Crippen MR) is 134 cm³/mol. The smallest absolute Gasteiger partial charge is 0.250 e. The SMILES string of the molecule is CC#CCOc1cnc2c(Nc3ccc(F)c([C@]4(C)CS(O)(O)[C@@](C)(F)C(N)=N4)c3)nccc2c1. The molecule has 1 aromatic carbocycles. The second-order valence-electron chi connectivity index (χ2n) is 8.44. The Hall–Kier alpha value is -3.46. The summed E-state index contributed by atoms with van der Waals surface area (Å²) < 4.78 is 56.0. The fourth-order valence-electron chi connectivity index (χ4n) is 3.79. The van der Waals surface area contributed by atoms with E-state index >= 15 is 0 Å². The molecule has 0 spiro atoms. The number of hydrogen-bond acceptors (Lipinski definition) is 8. The lowest BCUT2D eigenvalue weighted by Crippen LogP contribution is -2.51. The monoisotopic (exact) mass is 501 g/mol.